The van der Waals surface area contributed by atoms with E-state index < -0.39 is 16.3 Å². The van der Waals surface area contributed by atoms with Gasteiger partial charge in [-0.05, 0) is 6.42 Å². The van der Waals surface area contributed by atoms with E-state index in [9.17, 15) is 14.9 Å². The molecule has 0 aromatic carbocycles. The molecule has 1 N–H and O–H groups in total. The number of hydrogen-bond donors (Lipinski definition) is 1. The van der Waals surface area contributed by atoms with Crippen molar-refractivity contribution < 1.29 is 14.8 Å². The van der Waals surface area contributed by atoms with E-state index in [2.05, 4.69) is 0 Å². The molecule has 70 valence electrons. The Morgan fingerprint density at radius 1 is 1.58 bits per heavy atom. The van der Waals surface area contributed by atoms with Crippen molar-refractivity contribution in [3.8, 4) is 0 Å². The maximum absolute atomic E-state index is 10.2. The van der Waals surface area contributed by atoms with E-state index in [-0.39, 0.29) is 13.0 Å². The monoisotopic (exact) mass is 175 g/mol. The minimum atomic E-state index is -0.911. The van der Waals surface area contributed by atoms with E-state index in [1.165, 1.54) is 0 Å². The number of carbonyl (C=O) groups is 1. The summed E-state index contributed by atoms with van der Waals surface area (Å²) in [4.78, 5) is 19.9. The van der Waals surface area contributed by atoms with E-state index in [0.29, 0.717) is 6.42 Å². The zero-order valence-corrected chi connectivity index (χ0v) is 7.24. The first kappa shape index (κ1) is 10.9. The van der Waals surface area contributed by atoms with Crippen LogP contribution in [0.2, 0.25) is 0 Å². The van der Waals surface area contributed by atoms with Gasteiger partial charge in [0.15, 0.2) is 0 Å². The topological polar surface area (TPSA) is 80.4 Å². The SMILES string of the molecule is CC(C)(CCC(=O)O)C[N+](=O)[O-]. The Labute approximate surface area is 70.5 Å². The van der Waals surface area contributed by atoms with Gasteiger partial charge >= 0.3 is 5.97 Å². The first-order valence-corrected chi connectivity index (χ1v) is 3.67. The molecule has 0 heterocycles. The summed E-state index contributed by atoms with van der Waals surface area (Å²) in [6, 6.07) is 0. The van der Waals surface area contributed by atoms with Crippen molar-refractivity contribution >= 4 is 5.97 Å². The number of nitrogens with zero attached hydrogens (tertiary/aromatic N) is 1. The van der Waals surface area contributed by atoms with Crippen molar-refractivity contribution in [2.45, 2.75) is 26.7 Å². The van der Waals surface area contributed by atoms with Gasteiger partial charge in [-0.25, -0.2) is 0 Å². The van der Waals surface area contributed by atoms with Crippen molar-refractivity contribution in [2.75, 3.05) is 6.54 Å². The molecule has 0 saturated heterocycles. The number of carboxylic acid groups (broad SMARTS) is 1. The van der Waals surface area contributed by atoms with Gasteiger partial charge in [0.05, 0.1) is 0 Å². The molecule has 0 aliphatic rings. The highest BCUT2D eigenvalue weighted by molar-refractivity contribution is 5.66. The summed E-state index contributed by atoms with van der Waals surface area (Å²) in [6.07, 6.45) is 0.324. The highest BCUT2D eigenvalue weighted by Crippen LogP contribution is 2.21. The predicted octanol–water partition coefficient (Wildman–Crippen LogP) is 1.15. The van der Waals surface area contributed by atoms with Crippen molar-refractivity contribution in [1.82, 2.24) is 0 Å². The van der Waals surface area contributed by atoms with Crippen LogP contribution in [-0.2, 0) is 4.79 Å². The van der Waals surface area contributed by atoms with Crippen molar-refractivity contribution in [3.63, 3.8) is 0 Å². The number of nitro groups is 1. The number of hydrogen-bond acceptors (Lipinski definition) is 3. The van der Waals surface area contributed by atoms with E-state index >= 15 is 0 Å². The van der Waals surface area contributed by atoms with E-state index in [4.69, 9.17) is 5.11 Å². The molecule has 0 saturated carbocycles. The largest absolute Gasteiger partial charge is 0.481 e. The maximum atomic E-state index is 10.2. The second-order valence-electron chi connectivity index (χ2n) is 3.55. The molecular weight excluding hydrogens is 162 g/mol. The highest BCUT2D eigenvalue weighted by Gasteiger charge is 2.24. The lowest BCUT2D eigenvalue weighted by Gasteiger charge is -2.17. The van der Waals surface area contributed by atoms with Gasteiger partial charge in [-0.3, -0.25) is 14.9 Å². The molecule has 12 heavy (non-hydrogen) atoms. The Morgan fingerprint density at radius 2 is 2.08 bits per heavy atom. The number of rotatable bonds is 5. The van der Waals surface area contributed by atoms with Crippen LogP contribution in [0.5, 0.6) is 0 Å². The molecule has 0 aliphatic heterocycles. The standard InChI is InChI=1S/C7H13NO4/c1-7(2,5-8(11)12)4-3-6(9)10/h3-5H2,1-2H3,(H,9,10). The lowest BCUT2D eigenvalue weighted by molar-refractivity contribution is -0.495. The molecule has 0 bridgehead atoms. The molecule has 0 amide bonds. The molecule has 0 aromatic heterocycles. The van der Waals surface area contributed by atoms with Gasteiger partial charge in [0.2, 0.25) is 6.54 Å². The minimum absolute atomic E-state index is 0.0131. The van der Waals surface area contributed by atoms with Gasteiger partial charge in [-0.2, -0.15) is 0 Å². The summed E-state index contributed by atoms with van der Waals surface area (Å²) >= 11 is 0. The van der Waals surface area contributed by atoms with Crippen molar-refractivity contribution in [2.24, 2.45) is 5.41 Å². The van der Waals surface area contributed by atoms with Gasteiger partial charge in [0, 0.05) is 16.8 Å². The third-order valence-electron chi connectivity index (χ3n) is 1.57. The zero-order valence-electron chi connectivity index (χ0n) is 7.24. The smallest absolute Gasteiger partial charge is 0.303 e. The molecule has 0 fully saturated rings. The summed E-state index contributed by atoms with van der Waals surface area (Å²) < 4.78 is 0. The second-order valence-corrected chi connectivity index (χ2v) is 3.55. The summed E-state index contributed by atoms with van der Waals surface area (Å²) in [7, 11) is 0. The van der Waals surface area contributed by atoms with Crippen LogP contribution in [0, 0.1) is 15.5 Å². The molecule has 0 rings (SSSR count). The molecule has 0 aliphatic carbocycles. The fourth-order valence-electron chi connectivity index (χ4n) is 0.874. The molecule has 0 radical (unpaired) electrons. The first-order valence-electron chi connectivity index (χ1n) is 3.67. The average Bonchev–Trinajstić information content (AvgIpc) is 1.81. The lowest BCUT2D eigenvalue weighted by atomic mass is 9.88. The number of carboxylic acids is 1. The summed E-state index contributed by atoms with van der Waals surface area (Å²) in [5.74, 6) is -0.911. The predicted molar refractivity (Wildman–Crippen MR) is 42.5 cm³/mol. The van der Waals surface area contributed by atoms with Gasteiger partial charge in [-0.15, -0.1) is 0 Å². The highest BCUT2D eigenvalue weighted by atomic mass is 16.6. The Morgan fingerprint density at radius 3 is 2.42 bits per heavy atom. The molecule has 0 atom stereocenters. The van der Waals surface area contributed by atoms with Crippen LogP contribution in [0.4, 0.5) is 0 Å². The van der Waals surface area contributed by atoms with Crippen LogP contribution >= 0.6 is 0 Å². The van der Waals surface area contributed by atoms with E-state index in [0.717, 1.165) is 0 Å². The fraction of sp³-hybridized carbons (Fsp3) is 0.857. The third kappa shape index (κ3) is 5.64. The van der Waals surface area contributed by atoms with Gasteiger partial charge < -0.3 is 5.11 Å². The summed E-state index contributed by atoms with van der Waals surface area (Å²) in [5, 5.41) is 18.5. The normalized spacial score (nSPS) is 11.2. The summed E-state index contributed by atoms with van der Waals surface area (Å²) in [5.41, 5.74) is -0.526. The van der Waals surface area contributed by atoms with Crippen LogP contribution < -0.4 is 0 Å². The number of aliphatic carboxylic acids is 1. The third-order valence-corrected chi connectivity index (χ3v) is 1.57. The Kier molecular flexibility index (Phi) is 3.66. The quantitative estimate of drug-likeness (QED) is 0.502. The Bertz CT molecular complexity index is 188. The molecule has 0 unspecified atom stereocenters. The molecule has 5 heteroatoms. The molecule has 0 spiro atoms. The van der Waals surface area contributed by atoms with E-state index in [1.54, 1.807) is 13.8 Å². The average molecular weight is 175 g/mol. The minimum Gasteiger partial charge on any atom is -0.481 e. The summed E-state index contributed by atoms with van der Waals surface area (Å²) in [6.45, 7) is 3.21. The zero-order chi connectivity index (χ0) is 9.78. The van der Waals surface area contributed by atoms with Crippen LogP contribution in [0.3, 0.4) is 0 Å². The van der Waals surface area contributed by atoms with E-state index in [1.807, 2.05) is 0 Å². The molecule has 0 aromatic rings. The van der Waals surface area contributed by atoms with Crippen molar-refractivity contribution in [3.05, 3.63) is 10.1 Å². The lowest BCUT2D eigenvalue weighted by Crippen LogP contribution is -2.23. The molecule has 5 nitrogen and oxygen atoms in total. The Hall–Kier alpha value is -1.13. The van der Waals surface area contributed by atoms with Gasteiger partial charge in [0.25, 0.3) is 0 Å². The van der Waals surface area contributed by atoms with Crippen LogP contribution in [-0.4, -0.2) is 22.5 Å². The first-order chi connectivity index (χ1) is 5.33. The van der Waals surface area contributed by atoms with Gasteiger partial charge in [0.1, 0.15) is 0 Å². The van der Waals surface area contributed by atoms with Gasteiger partial charge in [-0.1, -0.05) is 13.8 Å². The fourth-order valence-corrected chi connectivity index (χ4v) is 0.874. The van der Waals surface area contributed by atoms with Crippen molar-refractivity contribution in [1.29, 1.82) is 0 Å². The van der Waals surface area contributed by atoms with Crippen LogP contribution in [0.25, 0.3) is 0 Å². The molecular formula is C7H13NO4. The maximum Gasteiger partial charge on any atom is 0.303 e. The van der Waals surface area contributed by atoms with Crippen LogP contribution in [0.15, 0.2) is 0 Å². The Balaban J connectivity index is 3.86. The second kappa shape index (κ2) is 4.04. The van der Waals surface area contributed by atoms with Crippen LogP contribution in [0.1, 0.15) is 26.7 Å².